The molecule has 4 nitrogen and oxygen atoms in total. The molecule has 0 unspecified atom stereocenters. The van der Waals surface area contributed by atoms with Crippen molar-refractivity contribution in [2.75, 3.05) is 9.80 Å². The summed E-state index contributed by atoms with van der Waals surface area (Å²) in [7, 11) is 0. The van der Waals surface area contributed by atoms with Crippen molar-refractivity contribution in [3.63, 3.8) is 0 Å². The quantitative estimate of drug-likeness (QED) is 0.164. The predicted octanol–water partition coefficient (Wildman–Crippen LogP) is 10.2. The van der Waals surface area contributed by atoms with Crippen molar-refractivity contribution in [2.45, 2.75) is 13.8 Å². The smallest absolute Gasteiger partial charge is 0.333 e. The first-order valence-corrected chi connectivity index (χ1v) is 20.4. The molecule has 268 valence electrons. The molecule has 4 aliphatic heterocycles. The highest BCUT2D eigenvalue weighted by Crippen LogP contribution is 2.51. The second kappa shape index (κ2) is 10.8. The Kier molecular flexibility index (Phi) is 5.77. The monoisotopic (exact) mass is 736 g/mol. The van der Waals surface area contributed by atoms with Gasteiger partial charge in [0.1, 0.15) is 0 Å². The van der Waals surface area contributed by atoms with Crippen LogP contribution in [0.25, 0.3) is 55.1 Å². The molecular weight excluding hydrogens is 702 g/mol. The number of hydrogen-bond donors (Lipinski definition) is 0. The van der Waals surface area contributed by atoms with Gasteiger partial charge in [0, 0.05) is 67.1 Å². The summed E-state index contributed by atoms with van der Waals surface area (Å²) in [5.41, 5.74) is 25.9. The van der Waals surface area contributed by atoms with Crippen LogP contribution in [0, 0.1) is 13.8 Å². The van der Waals surface area contributed by atoms with E-state index < -0.39 is 0 Å². The first-order valence-electron chi connectivity index (χ1n) is 20.4. The molecule has 0 aliphatic carbocycles. The van der Waals surface area contributed by atoms with E-state index in [0.717, 1.165) is 0 Å². The highest BCUT2D eigenvalue weighted by atomic mass is 15.2. The van der Waals surface area contributed by atoms with Gasteiger partial charge < -0.3 is 18.8 Å². The molecule has 0 bridgehead atoms. The van der Waals surface area contributed by atoms with Crippen LogP contribution in [0.4, 0.5) is 34.1 Å². The van der Waals surface area contributed by atoms with E-state index in [1.165, 1.54) is 122 Å². The number of benzene rings is 8. The van der Waals surface area contributed by atoms with Gasteiger partial charge in [0.2, 0.25) is 0 Å². The summed E-state index contributed by atoms with van der Waals surface area (Å²) >= 11 is 0. The Balaban J connectivity index is 1.15. The van der Waals surface area contributed by atoms with Crippen LogP contribution in [-0.4, -0.2) is 22.7 Å². The van der Waals surface area contributed by atoms with Gasteiger partial charge in [-0.05, 0) is 106 Å². The summed E-state index contributed by atoms with van der Waals surface area (Å²) in [4.78, 5) is 4.99. The molecule has 6 heteroatoms. The van der Waals surface area contributed by atoms with E-state index in [1.54, 1.807) is 0 Å². The van der Waals surface area contributed by atoms with Gasteiger partial charge in [-0.25, -0.2) is 0 Å². The topological polar surface area (TPSA) is 16.3 Å². The van der Waals surface area contributed by atoms with Gasteiger partial charge in [-0.2, -0.15) is 0 Å². The second-order valence-corrected chi connectivity index (χ2v) is 16.6. The van der Waals surface area contributed by atoms with E-state index in [2.05, 4.69) is 202 Å². The van der Waals surface area contributed by atoms with Crippen LogP contribution >= 0.6 is 0 Å². The van der Waals surface area contributed by atoms with Crippen molar-refractivity contribution in [3.8, 4) is 22.3 Å². The van der Waals surface area contributed by atoms with E-state index in [1.807, 2.05) is 0 Å². The van der Waals surface area contributed by atoms with Gasteiger partial charge in [0.15, 0.2) is 0 Å². The molecule has 8 aromatic carbocycles. The number of para-hydroxylation sites is 6. The van der Waals surface area contributed by atoms with Gasteiger partial charge in [0.25, 0.3) is 0 Å². The lowest BCUT2D eigenvalue weighted by Gasteiger charge is -2.41. The summed E-state index contributed by atoms with van der Waals surface area (Å²) in [6.45, 7) is 4.50. The minimum absolute atomic E-state index is 0.00693. The van der Waals surface area contributed by atoms with Gasteiger partial charge in [0.05, 0.1) is 11.0 Å². The maximum absolute atomic E-state index is 2.75. The molecule has 2 aromatic heterocycles. The summed E-state index contributed by atoms with van der Waals surface area (Å²) in [6.07, 6.45) is 0. The lowest BCUT2D eigenvalue weighted by atomic mass is 9.45. The van der Waals surface area contributed by atoms with Crippen LogP contribution in [0.15, 0.2) is 170 Å². The third kappa shape index (κ3) is 3.65. The van der Waals surface area contributed by atoms with Gasteiger partial charge in [-0.3, -0.25) is 0 Å². The number of nitrogens with zero attached hydrogens (tertiary/aromatic N) is 4. The normalized spacial score (nSPS) is 13.9. The van der Waals surface area contributed by atoms with Crippen molar-refractivity contribution in [1.29, 1.82) is 0 Å². The molecule has 4 aliphatic rings. The lowest BCUT2D eigenvalue weighted by Crippen LogP contribution is -2.56. The summed E-state index contributed by atoms with van der Waals surface area (Å²) in [6, 6.07) is 63.9. The first-order chi connectivity index (χ1) is 28.7. The summed E-state index contributed by atoms with van der Waals surface area (Å²) in [5.74, 6) is 0. The fraction of sp³-hybridized carbons (Fsp3) is 0.0385. The molecule has 14 rings (SSSR count). The Morgan fingerprint density at radius 1 is 0.345 bits per heavy atom. The van der Waals surface area contributed by atoms with E-state index in [-0.39, 0.29) is 13.7 Å². The van der Waals surface area contributed by atoms with Crippen LogP contribution in [0.3, 0.4) is 0 Å². The Morgan fingerprint density at radius 2 is 0.759 bits per heavy atom. The molecule has 0 spiro atoms. The molecule has 0 radical (unpaired) electrons. The fourth-order valence-electron chi connectivity index (χ4n) is 11.5. The second-order valence-electron chi connectivity index (χ2n) is 16.6. The molecular formula is C52H34B2N4. The number of rotatable bonds is 2. The molecule has 0 atom stereocenters. The van der Waals surface area contributed by atoms with Crippen LogP contribution in [-0.2, 0) is 0 Å². The molecule has 0 fully saturated rings. The fourth-order valence-corrected chi connectivity index (χ4v) is 11.5. The third-order valence-corrected chi connectivity index (χ3v) is 13.5. The number of aromatic nitrogens is 2. The molecule has 0 saturated carbocycles. The van der Waals surface area contributed by atoms with E-state index in [4.69, 9.17) is 0 Å². The Hall–Kier alpha value is -7.17. The van der Waals surface area contributed by atoms with E-state index >= 15 is 0 Å². The first kappa shape index (κ1) is 31.0. The van der Waals surface area contributed by atoms with Gasteiger partial charge in [-0.15, -0.1) is 0 Å². The minimum Gasteiger partial charge on any atom is -0.374 e. The van der Waals surface area contributed by atoms with Crippen molar-refractivity contribution in [3.05, 3.63) is 181 Å². The minimum atomic E-state index is -0.00693. The van der Waals surface area contributed by atoms with Crippen molar-refractivity contribution < 1.29 is 0 Å². The predicted molar refractivity (Wildman–Crippen MR) is 245 cm³/mol. The van der Waals surface area contributed by atoms with Crippen LogP contribution in [0.5, 0.6) is 0 Å². The number of hydrogen-bond acceptors (Lipinski definition) is 2. The van der Waals surface area contributed by atoms with Crippen LogP contribution in [0.2, 0.25) is 0 Å². The maximum atomic E-state index is 2.75. The average Bonchev–Trinajstić information content (AvgIpc) is 3.78. The SMILES string of the molecule is Cc1cc2c3c(c1)N(c1ccccc1)c1ccccc1B3n1c3c-2cccc3c2c1c1cccc3c1n2B1c2ccccc2N(c2ccccc2)c2cc(C)cc-3c21. The molecule has 10 aromatic rings. The standard InChI is InChI=1S/C52H34B2N4/c1-31-27-39-35-19-13-21-37-49(35)57(53-41-23-9-11-25-43(41)55(45(29-31)47(39)53)33-15-5-3-6-16-33)52-38-22-14-20-36-40-28-32(2)30-46-48(40)54(58(50(36)38)51(37)52)42-24-10-12-26-44(42)56(46)34-17-7-4-8-18-34/h3-30H,1-2H3. The zero-order valence-corrected chi connectivity index (χ0v) is 32.1. The maximum Gasteiger partial charge on any atom is 0.333 e. The van der Waals surface area contributed by atoms with Crippen LogP contribution in [0.1, 0.15) is 11.1 Å². The van der Waals surface area contributed by atoms with E-state index in [0.29, 0.717) is 0 Å². The Bertz CT molecular complexity index is 3220. The molecule has 58 heavy (non-hydrogen) atoms. The lowest BCUT2D eigenvalue weighted by molar-refractivity contribution is 1.24. The third-order valence-electron chi connectivity index (χ3n) is 13.5. The number of aryl methyl sites for hydroxylation is 2. The highest BCUT2D eigenvalue weighted by Gasteiger charge is 2.47. The Labute approximate surface area is 337 Å². The summed E-state index contributed by atoms with van der Waals surface area (Å²) in [5, 5.41) is 2.62. The van der Waals surface area contributed by atoms with Gasteiger partial charge >= 0.3 is 13.7 Å². The average molecular weight is 736 g/mol. The molecule has 6 heterocycles. The van der Waals surface area contributed by atoms with Crippen molar-refractivity contribution in [1.82, 2.24) is 8.96 Å². The molecule has 0 saturated heterocycles. The van der Waals surface area contributed by atoms with Crippen molar-refractivity contribution >= 4 is 103 Å². The zero-order valence-electron chi connectivity index (χ0n) is 32.1. The Morgan fingerprint density at radius 3 is 1.21 bits per heavy atom. The van der Waals surface area contributed by atoms with Crippen LogP contribution < -0.4 is 31.7 Å². The summed E-state index contributed by atoms with van der Waals surface area (Å²) < 4.78 is 5.50. The van der Waals surface area contributed by atoms with Crippen molar-refractivity contribution in [2.24, 2.45) is 0 Å². The largest absolute Gasteiger partial charge is 0.374 e. The molecule has 0 amide bonds. The zero-order chi connectivity index (χ0) is 38.0. The highest BCUT2D eigenvalue weighted by molar-refractivity contribution is 6.92. The molecule has 0 N–H and O–H groups in total. The number of anilines is 6. The number of fused-ring (bicyclic) bond motifs is 13. The van der Waals surface area contributed by atoms with E-state index in [9.17, 15) is 0 Å². The van der Waals surface area contributed by atoms with Gasteiger partial charge in [-0.1, -0.05) is 121 Å².